The van der Waals surface area contributed by atoms with Gasteiger partial charge in [-0.1, -0.05) is 37.1 Å². The molecule has 0 aromatic heterocycles. The van der Waals surface area contributed by atoms with E-state index in [0.29, 0.717) is 0 Å². The minimum absolute atomic E-state index is 1.12. The lowest BCUT2D eigenvalue weighted by atomic mass is 10.0. The van der Waals surface area contributed by atoms with Crippen molar-refractivity contribution >= 4 is 0 Å². The Balaban J connectivity index is 1.97. The molecular weight excluding hydrogens is 182 g/mol. The fourth-order valence-electron chi connectivity index (χ4n) is 2.16. The molecule has 0 saturated carbocycles. The van der Waals surface area contributed by atoms with E-state index in [2.05, 4.69) is 29.6 Å². The fourth-order valence-corrected chi connectivity index (χ4v) is 2.16. The first-order chi connectivity index (χ1) is 7.45. The first kappa shape index (κ1) is 10.7. The summed E-state index contributed by atoms with van der Waals surface area (Å²) >= 11 is 0. The maximum atomic E-state index is 3.51. The van der Waals surface area contributed by atoms with Gasteiger partial charge < -0.3 is 5.32 Å². The van der Waals surface area contributed by atoms with E-state index >= 15 is 0 Å². The largest absolute Gasteiger partial charge is 0.316 e. The Hall–Kier alpha value is -0.820. The highest BCUT2D eigenvalue weighted by Crippen LogP contribution is 2.10. The van der Waals surface area contributed by atoms with Gasteiger partial charge in [-0.25, -0.2) is 0 Å². The van der Waals surface area contributed by atoms with Crippen molar-refractivity contribution in [3.63, 3.8) is 0 Å². The molecule has 15 heavy (non-hydrogen) atoms. The summed E-state index contributed by atoms with van der Waals surface area (Å²) in [5, 5.41) is 3.51. The molecule has 2 aliphatic rings. The normalized spacial score (nSPS) is 18.9. The summed E-state index contributed by atoms with van der Waals surface area (Å²) in [5.41, 5.74) is 2.97. The number of rotatable bonds is 0. The van der Waals surface area contributed by atoms with Crippen LogP contribution >= 0.6 is 0 Å². The number of benzene rings is 1. The predicted octanol–water partition coefficient (Wildman–Crippen LogP) is 2.94. The molecule has 1 N–H and O–H groups in total. The van der Waals surface area contributed by atoms with Crippen LogP contribution < -0.4 is 5.32 Å². The Kier molecular flexibility index (Phi) is 4.22. The molecule has 2 heterocycles. The number of hydrogen-bond acceptors (Lipinski definition) is 1. The van der Waals surface area contributed by atoms with Crippen LogP contribution in [0.2, 0.25) is 0 Å². The van der Waals surface area contributed by atoms with Crippen molar-refractivity contribution in [3.8, 4) is 0 Å². The third-order valence-electron chi connectivity index (χ3n) is 3.18. The molecule has 1 aromatic carbocycles. The Morgan fingerprint density at radius 1 is 0.667 bits per heavy atom. The number of aryl methyl sites for hydroxylation is 1. The second-order valence-electron chi connectivity index (χ2n) is 4.48. The van der Waals surface area contributed by atoms with Gasteiger partial charge in [0.15, 0.2) is 0 Å². The van der Waals surface area contributed by atoms with Gasteiger partial charge in [0, 0.05) is 0 Å². The van der Waals surface area contributed by atoms with Crippen LogP contribution in [0.3, 0.4) is 0 Å². The zero-order chi connectivity index (χ0) is 10.3. The van der Waals surface area contributed by atoms with Crippen LogP contribution in [-0.4, -0.2) is 13.1 Å². The molecule has 0 fully saturated rings. The van der Waals surface area contributed by atoms with Crippen LogP contribution in [0.1, 0.15) is 36.8 Å². The molecule has 3 rings (SSSR count). The lowest BCUT2D eigenvalue weighted by Crippen LogP contribution is -2.18. The van der Waals surface area contributed by atoms with Crippen molar-refractivity contribution < 1.29 is 0 Å². The van der Waals surface area contributed by atoms with E-state index < -0.39 is 0 Å². The highest BCUT2D eigenvalue weighted by Gasteiger charge is 1.98. The zero-order valence-corrected chi connectivity index (χ0v) is 9.47. The van der Waals surface area contributed by atoms with Crippen LogP contribution in [0.15, 0.2) is 24.3 Å². The molecule has 1 aromatic rings. The molecule has 0 saturated heterocycles. The number of fused-ring (bicyclic) bond motifs is 10. The highest BCUT2D eigenvalue weighted by atomic mass is 14.8. The lowest BCUT2D eigenvalue weighted by molar-refractivity contribution is 0.590. The fraction of sp³-hybridized carbons (Fsp3) is 0.571. The quantitative estimate of drug-likeness (QED) is 0.683. The topological polar surface area (TPSA) is 12.0 Å². The zero-order valence-electron chi connectivity index (χ0n) is 9.47. The molecule has 0 aliphatic carbocycles. The van der Waals surface area contributed by atoms with Crippen molar-refractivity contribution in [2.75, 3.05) is 13.1 Å². The van der Waals surface area contributed by atoms with Crippen molar-refractivity contribution in [1.82, 2.24) is 5.32 Å². The predicted molar refractivity (Wildman–Crippen MR) is 65.2 cm³/mol. The second kappa shape index (κ2) is 5.92. The molecule has 0 unspecified atom stereocenters. The van der Waals surface area contributed by atoms with Gasteiger partial charge in [0.05, 0.1) is 0 Å². The molecule has 2 aliphatic heterocycles. The summed E-state index contributed by atoms with van der Waals surface area (Å²) in [6, 6.07) is 9.17. The third kappa shape index (κ3) is 3.67. The Morgan fingerprint density at radius 2 is 1.33 bits per heavy atom. The van der Waals surface area contributed by atoms with Crippen LogP contribution in [0.4, 0.5) is 0 Å². The van der Waals surface area contributed by atoms with Crippen LogP contribution in [0.25, 0.3) is 0 Å². The summed E-state index contributed by atoms with van der Waals surface area (Å²) < 4.78 is 0. The van der Waals surface area contributed by atoms with Gasteiger partial charge in [-0.2, -0.15) is 0 Å². The summed E-state index contributed by atoms with van der Waals surface area (Å²) in [6.07, 6.45) is 7.87. The lowest BCUT2D eigenvalue weighted by Gasteiger charge is -2.04. The van der Waals surface area contributed by atoms with E-state index in [1.807, 2.05) is 0 Å². The van der Waals surface area contributed by atoms with Crippen LogP contribution in [0, 0.1) is 0 Å². The van der Waals surface area contributed by atoms with E-state index in [1.165, 1.54) is 56.2 Å². The number of nitrogens with one attached hydrogen (secondary N) is 1. The van der Waals surface area contributed by atoms with E-state index in [0.717, 1.165) is 6.54 Å². The smallest absolute Gasteiger partial charge is 0.000835 e. The number of hydrogen-bond donors (Lipinski definition) is 1. The first-order valence-electron chi connectivity index (χ1n) is 6.24. The minimum Gasteiger partial charge on any atom is -0.316 e. The summed E-state index contributed by atoms with van der Waals surface area (Å²) in [6.45, 7) is 2.32. The molecule has 0 amide bonds. The Labute approximate surface area is 92.9 Å². The average molecular weight is 203 g/mol. The summed E-state index contributed by atoms with van der Waals surface area (Å²) in [7, 11) is 0. The highest BCUT2D eigenvalue weighted by molar-refractivity contribution is 5.22. The molecule has 0 radical (unpaired) electrons. The molecule has 1 heteroatoms. The van der Waals surface area contributed by atoms with Crippen molar-refractivity contribution in [2.45, 2.75) is 38.5 Å². The van der Waals surface area contributed by atoms with Gasteiger partial charge in [-0.15, -0.1) is 0 Å². The van der Waals surface area contributed by atoms with E-state index in [9.17, 15) is 0 Å². The monoisotopic (exact) mass is 203 g/mol. The minimum atomic E-state index is 1.12. The summed E-state index contributed by atoms with van der Waals surface area (Å²) in [5.74, 6) is 0. The standard InChI is InChI=1S/C14H21N/c1-2-4-11-15-12-10-14-8-6-13(5-3-1)7-9-14/h6-9,15H,1-5,10-12H2. The van der Waals surface area contributed by atoms with Gasteiger partial charge in [-0.3, -0.25) is 0 Å². The molecule has 82 valence electrons. The van der Waals surface area contributed by atoms with Crippen molar-refractivity contribution in [2.24, 2.45) is 0 Å². The Morgan fingerprint density at radius 3 is 2.13 bits per heavy atom. The van der Waals surface area contributed by atoms with Crippen LogP contribution in [0.5, 0.6) is 0 Å². The van der Waals surface area contributed by atoms with E-state index in [4.69, 9.17) is 0 Å². The maximum Gasteiger partial charge on any atom is -0.000835 e. The van der Waals surface area contributed by atoms with Crippen molar-refractivity contribution in [3.05, 3.63) is 35.4 Å². The third-order valence-corrected chi connectivity index (χ3v) is 3.18. The van der Waals surface area contributed by atoms with Gasteiger partial charge in [0.2, 0.25) is 0 Å². The van der Waals surface area contributed by atoms with Crippen LogP contribution in [-0.2, 0) is 12.8 Å². The van der Waals surface area contributed by atoms with Gasteiger partial charge in [0.1, 0.15) is 0 Å². The first-order valence-corrected chi connectivity index (χ1v) is 6.24. The van der Waals surface area contributed by atoms with Gasteiger partial charge in [-0.05, 0) is 49.9 Å². The average Bonchev–Trinajstić information content (AvgIpc) is 2.31. The summed E-state index contributed by atoms with van der Waals surface area (Å²) in [4.78, 5) is 0. The van der Waals surface area contributed by atoms with Gasteiger partial charge in [0.25, 0.3) is 0 Å². The molecular formula is C14H21N. The molecule has 1 nitrogen and oxygen atoms in total. The Bertz CT molecular complexity index is 247. The molecule has 0 atom stereocenters. The van der Waals surface area contributed by atoms with Gasteiger partial charge >= 0.3 is 0 Å². The van der Waals surface area contributed by atoms with E-state index in [-0.39, 0.29) is 0 Å². The van der Waals surface area contributed by atoms with Crippen molar-refractivity contribution in [1.29, 1.82) is 0 Å². The SMILES string of the molecule is c1cc2ccc1CCCCCCNCC2. The maximum absolute atomic E-state index is 3.51. The molecule has 2 bridgehead atoms. The molecule has 0 spiro atoms. The second-order valence-corrected chi connectivity index (χ2v) is 4.48. The van der Waals surface area contributed by atoms with E-state index in [1.54, 1.807) is 0 Å².